The van der Waals surface area contributed by atoms with Gasteiger partial charge in [-0.15, -0.1) is 0 Å². The summed E-state index contributed by atoms with van der Waals surface area (Å²) in [6, 6.07) is 16.0. The molecule has 0 bridgehead atoms. The molecule has 0 aliphatic heterocycles. The summed E-state index contributed by atoms with van der Waals surface area (Å²) in [4.78, 5) is 14.1. The highest BCUT2D eigenvalue weighted by atomic mass is 19.1. The summed E-state index contributed by atoms with van der Waals surface area (Å²) < 4.78 is 18.8. The first-order valence-corrected chi connectivity index (χ1v) is 8.03. The van der Waals surface area contributed by atoms with Crippen LogP contribution in [0, 0.1) is 5.82 Å². The molecule has 1 N–H and O–H groups in total. The van der Waals surface area contributed by atoms with Crippen LogP contribution in [0.1, 0.15) is 19.4 Å². The number of ether oxygens (including phenoxy) is 1. The van der Waals surface area contributed by atoms with Crippen molar-refractivity contribution in [1.29, 1.82) is 0 Å². The molecule has 2 aromatic carbocycles. The molecule has 2 amide bonds. The van der Waals surface area contributed by atoms with Crippen LogP contribution in [0.3, 0.4) is 0 Å². The average molecular weight is 330 g/mol. The predicted octanol–water partition coefficient (Wildman–Crippen LogP) is 3.82. The largest absolute Gasteiger partial charge is 0.489 e. The molecule has 0 aliphatic carbocycles. The highest BCUT2D eigenvalue weighted by Gasteiger charge is 2.16. The lowest BCUT2D eigenvalue weighted by atomic mass is 10.2. The van der Waals surface area contributed by atoms with E-state index in [1.165, 1.54) is 6.07 Å². The first-order chi connectivity index (χ1) is 11.6. The van der Waals surface area contributed by atoms with E-state index in [0.717, 1.165) is 5.56 Å². The van der Waals surface area contributed by atoms with Crippen molar-refractivity contribution in [3.63, 3.8) is 0 Å². The van der Waals surface area contributed by atoms with Crippen molar-refractivity contribution >= 4 is 6.03 Å². The highest BCUT2D eigenvalue weighted by molar-refractivity contribution is 5.74. The molecule has 0 aromatic heterocycles. The fourth-order valence-electron chi connectivity index (χ4n) is 2.25. The fraction of sp³-hybridized carbons (Fsp3) is 0.316. The van der Waals surface area contributed by atoms with Crippen molar-refractivity contribution in [2.45, 2.75) is 26.4 Å². The van der Waals surface area contributed by atoms with Crippen LogP contribution < -0.4 is 10.1 Å². The Kier molecular flexibility index (Phi) is 6.61. The Bertz CT molecular complexity index is 647. The number of benzene rings is 2. The average Bonchev–Trinajstić information content (AvgIpc) is 2.58. The van der Waals surface area contributed by atoms with E-state index in [1.54, 1.807) is 23.1 Å². The molecular formula is C19H23FN2O2. The van der Waals surface area contributed by atoms with E-state index in [0.29, 0.717) is 13.1 Å². The maximum Gasteiger partial charge on any atom is 0.318 e. The van der Waals surface area contributed by atoms with Gasteiger partial charge in [0.2, 0.25) is 0 Å². The normalized spacial score (nSPS) is 10.5. The molecule has 0 atom stereocenters. The molecular weight excluding hydrogens is 307 g/mol. The Hall–Kier alpha value is -2.56. The van der Waals surface area contributed by atoms with Crippen molar-refractivity contribution in [1.82, 2.24) is 10.2 Å². The molecule has 0 unspecified atom stereocenters. The lowest BCUT2D eigenvalue weighted by molar-refractivity contribution is 0.177. The van der Waals surface area contributed by atoms with E-state index < -0.39 is 5.82 Å². The van der Waals surface area contributed by atoms with Crippen molar-refractivity contribution < 1.29 is 13.9 Å². The van der Waals surface area contributed by atoms with Gasteiger partial charge >= 0.3 is 6.03 Å². The lowest BCUT2D eigenvalue weighted by Gasteiger charge is -2.27. The number of nitrogens with one attached hydrogen (secondary N) is 1. The zero-order valence-electron chi connectivity index (χ0n) is 14.0. The van der Waals surface area contributed by atoms with Crippen LogP contribution in [-0.2, 0) is 6.54 Å². The Balaban J connectivity index is 1.81. The maximum atomic E-state index is 13.4. The molecule has 2 aromatic rings. The molecule has 0 spiro atoms. The molecule has 4 nitrogen and oxygen atoms in total. The standard InChI is InChI=1S/C19H23FN2O2/c1-15(2)22(14-16-8-4-3-5-9-16)19(23)21-12-13-24-18-11-7-6-10-17(18)20/h3-11,15H,12-14H2,1-2H3,(H,21,23). The topological polar surface area (TPSA) is 41.6 Å². The molecule has 2 rings (SSSR count). The minimum absolute atomic E-state index is 0.0673. The molecule has 24 heavy (non-hydrogen) atoms. The summed E-state index contributed by atoms with van der Waals surface area (Å²) in [6.07, 6.45) is 0. The van der Waals surface area contributed by atoms with E-state index in [9.17, 15) is 9.18 Å². The second-order valence-corrected chi connectivity index (χ2v) is 5.72. The predicted molar refractivity (Wildman–Crippen MR) is 92.4 cm³/mol. The van der Waals surface area contributed by atoms with E-state index in [1.807, 2.05) is 44.2 Å². The Labute approximate surface area is 142 Å². The Morgan fingerprint density at radius 3 is 2.46 bits per heavy atom. The SMILES string of the molecule is CC(C)N(Cc1ccccc1)C(=O)NCCOc1ccccc1F. The van der Waals surface area contributed by atoms with Crippen molar-refractivity contribution in [2.75, 3.05) is 13.2 Å². The van der Waals surface area contributed by atoms with Crippen molar-refractivity contribution in [3.05, 3.63) is 66.0 Å². The summed E-state index contributed by atoms with van der Waals surface area (Å²) >= 11 is 0. The van der Waals surface area contributed by atoms with Gasteiger partial charge in [0.05, 0.1) is 6.54 Å². The maximum absolute atomic E-state index is 13.4. The number of hydrogen-bond acceptors (Lipinski definition) is 2. The number of carbonyl (C=O) groups is 1. The van der Waals surface area contributed by atoms with Gasteiger partial charge in [0, 0.05) is 12.6 Å². The third kappa shape index (κ3) is 5.26. The first-order valence-electron chi connectivity index (χ1n) is 8.03. The molecule has 0 saturated carbocycles. The lowest BCUT2D eigenvalue weighted by Crippen LogP contribution is -2.44. The molecule has 0 radical (unpaired) electrons. The number of amides is 2. The van der Waals surface area contributed by atoms with Gasteiger partial charge < -0.3 is 15.0 Å². The van der Waals surface area contributed by atoms with Crippen molar-refractivity contribution in [2.24, 2.45) is 0 Å². The third-order valence-electron chi connectivity index (χ3n) is 3.55. The summed E-state index contributed by atoms with van der Waals surface area (Å²) in [5.74, 6) is -0.214. The summed E-state index contributed by atoms with van der Waals surface area (Å²) in [5, 5.41) is 2.81. The monoisotopic (exact) mass is 330 g/mol. The van der Waals surface area contributed by atoms with E-state index in [-0.39, 0.29) is 24.4 Å². The number of rotatable bonds is 7. The summed E-state index contributed by atoms with van der Waals surface area (Å²) in [5.41, 5.74) is 1.07. The van der Waals surface area contributed by atoms with E-state index in [2.05, 4.69) is 5.32 Å². The van der Waals surface area contributed by atoms with Crippen LogP contribution in [0.25, 0.3) is 0 Å². The number of urea groups is 1. The Morgan fingerprint density at radius 1 is 1.12 bits per heavy atom. The van der Waals surface area contributed by atoms with Gasteiger partial charge in [-0.25, -0.2) is 9.18 Å². The third-order valence-corrected chi connectivity index (χ3v) is 3.55. The van der Waals surface area contributed by atoms with Crippen LogP contribution in [0.5, 0.6) is 5.75 Å². The second-order valence-electron chi connectivity index (χ2n) is 5.72. The number of hydrogen-bond donors (Lipinski definition) is 1. The number of halogens is 1. The van der Waals surface area contributed by atoms with Gasteiger partial charge in [-0.3, -0.25) is 0 Å². The van der Waals surface area contributed by atoms with Crippen LogP contribution >= 0.6 is 0 Å². The van der Waals surface area contributed by atoms with Crippen molar-refractivity contribution in [3.8, 4) is 5.75 Å². The van der Waals surface area contributed by atoms with Gasteiger partial charge in [0.15, 0.2) is 11.6 Å². The van der Waals surface area contributed by atoms with Gasteiger partial charge in [-0.1, -0.05) is 42.5 Å². The number of para-hydroxylation sites is 1. The van der Waals surface area contributed by atoms with Gasteiger partial charge in [-0.05, 0) is 31.5 Å². The first kappa shape index (κ1) is 17.8. The van der Waals surface area contributed by atoms with Crippen LogP contribution in [0.4, 0.5) is 9.18 Å². The van der Waals surface area contributed by atoms with Crippen LogP contribution in [0.2, 0.25) is 0 Å². The highest BCUT2D eigenvalue weighted by Crippen LogP contribution is 2.14. The van der Waals surface area contributed by atoms with Crippen LogP contribution in [0.15, 0.2) is 54.6 Å². The molecule has 0 heterocycles. The van der Waals surface area contributed by atoms with Crippen LogP contribution in [-0.4, -0.2) is 30.1 Å². The van der Waals surface area contributed by atoms with E-state index >= 15 is 0 Å². The van der Waals surface area contributed by atoms with E-state index in [4.69, 9.17) is 4.74 Å². The quantitative estimate of drug-likeness (QED) is 0.784. The Morgan fingerprint density at radius 2 is 1.79 bits per heavy atom. The fourth-order valence-corrected chi connectivity index (χ4v) is 2.25. The smallest absolute Gasteiger partial charge is 0.318 e. The molecule has 128 valence electrons. The van der Waals surface area contributed by atoms with Gasteiger partial charge in [-0.2, -0.15) is 0 Å². The molecule has 0 aliphatic rings. The minimum atomic E-state index is -0.406. The molecule has 0 saturated heterocycles. The zero-order valence-corrected chi connectivity index (χ0v) is 14.0. The summed E-state index contributed by atoms with van der Waals surface area (Å²) in [7, 11) is 0. The van der Waals surface area contributed by atoms with Gasteiger partial charge in [0.1, 0.15) is 6.61 Å². The number of carbonyl (C=O) groups excluding carboxylic acids is 1. The number of nitrogens with zero attached hydrogens (tertiary/aromatic N) is 1. The zero-order chi connectivity index (χ0) is 17.4. The second kappa shape index (κ2) is 8.91. The molecule has 5 heteroatoms. The summed E-state index contributed by atoms with van der Waals surface area (Å²) in [6.45, 7) is 5.00. The molecule has 0 fully saturated rings. The minimum Gasteiger partial charge on any atom is -0.489 e. The van der Waals surface area contributed by atoms with Gasteiger partial charge in [0.25, 0.3) is 0 Å².